The van der Waals surface area contributed by atoms with Crippen LogP contribution in [0, 0.1) is 5.92 Å². The van der Waals surface area contributed by atoms with E-state index < -0.39 is 0 Å². The second kappa shape index (κ2) is 7.77. The smallest absolute Gasteiger partial charge is 0.0384 e. The first-order valence-electron chi connectivity index (χ1n) is 4.77. The molecule has 0 bridgehead atoms. The zero-order chi connectivity index (χ0) is 8.53. The van der Waals surface area contributed by atoms with Gasteiger partial charge in [-0.1, -0.05) is 39.5 Å². The van der Waals surface area contributed by atoms with Crippen molar-refractivity contribution in [2.75, 3.05) is 6.54 Å². The van der Waals surface area contributed by atoms with Gasteiger partial charge in [0.15, 0.2) is 0 Å². The van der Waals surface area contributed by atoms with E-state index in [0.717, 1.165) is 12.5 Å². The molecule has 0 spiro atoms. The molecule has 66 valence electrons. The van der Waals surface area contributed by atoms with Crippen molar-refractivity contribution in [3.05, 3.63) is 0 Å². The quantitative estimate of drug-likeness (QED) is 0.500. The minimum Gasteiger partial charge on any atom is -0.301 e. The molecule has 1 heteroatoms. The summed E-state index contributed by atoms with van der Waals surface area (Å²) in [5.74, 6) is 0.889. The Labute approximate surface area is 70.9 Å². The fourth-order valence-electron chi connectivity index (χ4n) is 1.32. The van der Waals surface area contributed by atoms with Crippen LogP contribution in [-0.4, -0.2) is 13.3 Å². The lowest BCUT2D eigenvalue weighted by atomic mass is 9.96. The van der Waals surface area contributed by atoms with Gasteiger partial charge in [-0.25, -0.2) is 0 Å². The number of hydrogen-bond acceptors (Lipinski definition) is 1. The molecule has 0 saturated heterocycles. The molecule has 0 rings (SSSR count). The summed E-state index contributed by atoms with van der Waals surface area (Å²) >= 11 is 0. The van der Waals surface area contributed by atoms with Crippen LogP contribution >= 0.6 is 0 Å². The largest absolute Gasteiger partial charge is 0.301 e. The van der Waals surface area contributed by atoms with E-state index in [0.29, 0.717) is 0 Å². The van der Waals surface area contributed by atoms with Crippen molar-refractivity contribution in [3.8, 4) is 0 Å². The molecule has 0 amide bonds. The summed E-state index contributed by atoms with van der Waals surface area (Å²) in [6.45, 7) is 8.96. The lowest BCUT2D eigenvalue weighted by Gasteiger charge is -2.11. The van der Waals surface area contributed by atoms with Crippen LogP contribution < -0.4 is 0 Å². The Hall–Kier alpha value is -0.330. The Kier molecular flexibility index (Phi) is 7.54. The predicted octanol–water partition coefficient (Wildman–Crippen LogP) is 3.29. The van der Waals surface area contributed by atoms with E-state index in [-0.39, 0.29) is 0 Å². The summed E-state index contributed by atoms with van der Waals surface area (Å²) in [6, 6.07) is 0. The van der Waals surface area contributed by atoms with Gasteiger partial charge in [0, 0.05) is 6.54 Å². The van der Waals surface area contributed by atoms with Crippen LogP contribution in [-0.2, 0) is 0 Å². The molecule has 0 aromatic heterocycles. The lowest BCUT2D eigenvalue weighted by Crippen LogP contribution is -2.00. The fourth-order valence-corrected chi connectivity index (χ4v) is 1.32. The second-order valence-electron chi connectivity index (χ2n) is 3.15. The van der Waals surface area contributed by atoms with Crippen LogP contribution in [0.5, 0.6) is 0 Å². The van der Waals surface area contributed by atoms with Crippen molar-refractivity contribution in [1.82, 2.24) is 0 Å². The molecule has 1 nitrogen and oxygen atoms in total. The van der Waals surface area contributed by atoms with Gasteiger partial charge in [-0.15, -0.1) is 0 Å². The number of aliphatic imine (C=N–C) groups is 1. The Morgan fingerprint density at radius 2 is 2.00 bits per heavy atom. The van der Waals surface area contributed by atoms with Gasteiger partial charge >= 0.3 is 0 Å². The van der Waals surface area contributed by atoms with E-state index >= 15 is 0 Å². The van der Waals surface area contributed by atoms with Crippen LogP contribution in [0.3, 0.4) is 0 Å². The maximum absolute atomic E-state index is 3.88. The molecule has 0 aliphatic rings. The Morgan fingerprint density at radius 3 is 2.45 bits per heavy atom. The standard InChI is InChI=1S/C10H21N/c1-4-6-7-10(5-2)8-9-11-3/h10H,3-9H2,1-2H3. The van der Waals surface area contributed by atoms with Crippen LogP contribution in [0.2, 0.25) is 0 Å². The molecule has 0 aliphatic heterocycles. The summed E-state index contributed by atoms with van der Waals surface area (Å²) in [6.07, 6.45) is 6.60. The van der Waals surface area contributed by atoms with Gasteiger partial charge in [-0.2, -0.15) is 0 Å². The van der Waals surface area contributed by atoms with Gasteiger partial charge in [-0.3, -0.25) is 0 Å². The third-order valence-electron chi connectivity index (χ3n) is 2.24. The molecule has 11 heavy (non-hydrogen) atoms. The van der Waals surface area contributed by atoms with E-state index in [4.69, 9.17) is 0 Å². The Bertz CT molecular complexity index is 88.9. The monoisotopic (exact) mass is 155 g/mol. The maximum Gasteiger partial charge on any atom is 0.0384 e. The molecule has 0 fully saturated rings. The van der Waals surface area contributed by atoms with Gasteiger partial charge in [0.25, 0.3) is 0 Å². The number of hydrogen-bond donors (Lipinski definition) is 0. The third-order valence-corrected chi connectivity index (χ3v) is 2.24. The van der Waals surface area contributed by atoms with Crippen molar-refractivity contribution < 1.29 is 0 Å². The van der Waals surface area contributed by atoms with E-state index in [1.807, 2.05) is 0 Å². The first-order chi connectivity index (χ1) is 5.35. The first kappa shape index (κ1) is 10.7. The molecule has 0 saturated carbocycles. The number of unbranched alkanes of at least 4 members (excludes halogenated alkanes) is 1. The normalized spacial score (nSPS) is 12.9. The molecule has 0 heterocycles. The van der Waals surface area contributed by atoms with E-state index in [9.17, 15) is 0 Å². The van der Waals surface area contributed by atoms with Crippen LogP contribution in [0.25, 0.3) is 0 Å². The van der Waals surface area contributed by atoms with Crippen molar-refractivity contribution in [2.24, 2.45) is 10.9 Å². The third kappa shape index (κ3) is 6.08. The molecule has 0 radical (unpaired) electrons. The topological polar surface area (TPSA) is 12.4 Å². The summed E-state index contributed by atoms with van der Waals surface area (Å²) in [5.41, 5.74) is 0. The van der Waals surface area contributed by atoms with E-state index in [1.54, 1.807) is 0 Å². The van der Waals surface area contributed by atoms with Crippen molar-refractivity contribution in [3.63, 3.8) is 0 Å². The highest BCUT2D eigenvalue weighted by Gasteiger charge is 2.03. The maximum atomic E-state index is 3.88. The minimum atomic E-state index is 0.889. The molecule has 0 aliphatic carbocycles. The highest BCUT2D eigenvalue weighted by molar-refractivity contribution is 5.23. The molecule has 0 aromatic carbocycles. The highest BCUT2D eigenvalue weighted by Crippen LogP contribution is 2.15. The average molecular weight is 155 g/mol. The molecule has 0 aromatic rings. The summed E-state index contributed by atoms with van der Waals surface area (Å²) < 4.78 is 0. The van der Waals surface area contributed by atoms with Gasteiger partial charge < -0.3 is 4.99 Å². The summed E-state index contributed by atoms with van der Waals surface area (Å²) in [5, 5.41) is 0. The number of rotatable bonds is 7. The molecule has 1 atom stereocenters. The zero-order valence-corrected chi connectivity index (χ0v) is 7.97. The Morgan fingerprint density at radius 1 is 1.27 bits per heavy atom. The first-order valence-corrected chi connectivity index (χ1v) is 4.77. The van der Waals surface area contributed by atoms with Gasteiger partial charge in [0.1, 0.15) is 0 Å². The average Bonchev–Trinajstić information content (AvgIpc) is 2.05. The molecular formula is C10H21N. The zero-order valence-electron chi connectivity index (χ0n) is 7.97. The fraction of sp³-hybridized carbons (Fsp3) is 0.900. The van der Waals surface area contributed by atoms with Gasteiger partial charge in [0.05, 0.1) is 0 Å². The van der Waals surface area contributed by atoms with Crippen molar-refractivity contribution in [1.29, 1.82) is 0 Å². The number of nitrogens with zero attached hydrogens (tertiary/aromatic N) is 1. The van der Waals surface area contributed by atoms with Crippen LogP contribution in [0.1, 0.15) is 46.0 Å². The highest BCUT2D eigenvalue weighted by atomic mass is 14.7. The van der Waals surface area contributed by atoms with Gasteiger partial charge in [0.2, 0.25) is 0 Å². The van der Waals surface area contributed by atoms with Crippen molar-refractivity contribution >= 4 is 6.72 Å². The summed E-state index contributed by atoms with van der Waals surface area (Å²) in [4.78, 5) is 3.88. The molecule has 1 unspecified atom stereocenters. The molecular weight excluding hydrogens is 134 g/mol. The van der Waals surface area contributed by atoms with E-state index in [1.165, 1.54) is 32.1 Å². The SMILES string of the molecule is C=NCCC(CC)CCCC. The summed E-state index contributed by atoms with van der Waals surface area (Å²) in [7, 11) is 0. The van der Waals surface area contributed by atoms with Crippen LogP contribution in [0.15, 0.2) is 4.99 Å². The van der Waals surface area contributed by atoms with Crippen LogP contribution in [0.4, 0.5) is 0 Å². The minimum absolute atomic E-state index is 0.889. The van der Waals surface area contributed by atoms with Gasteiger partial charge in [-0.05, 0) is 19.1 Å². The molecule has 0 N–H and O–H groups in total. The van der Waals surface area contributed by atoms with Crippen molar-refractivity contribution in [2.45, 2.75) is 46.0 Å². The van der Waals surface area contributed by atoms with E-state index in [2.05, 4.69) is 25.6 Å². The lowest BCUT2D eigenvalue weighted by molar-refractivity contribution is 0.428. The second-order valence-corrected chi connectivity index (χ2v) is 3.15. The Balaban J connectivity index is 3.32. The predicted molar refractivity (Wildman–Crippen MR) is 52.3 cm³/mol.